The summed E-state index contributed by atoms with van der Waals surface area (Å²) in [6, 6.07) is 0. The van der Waals surface area contributed by atoms with Gasteiger partial charge < -0.3 is 10.0 Å². The average molecular weight is 135 g/mol. The smallest absolute Gasteiger partial charge is 0.861 e. The van der Waals surface area contributed by atoms with Crippen LogP contribution in [0.25, 0.3) is 0 Å². The van der Waals surface area contributed by atoms with Crippen molar-refractivity contribution >= 4 is 0 Å². The minimum Gasteiger partial charge on any atom is -0.861 e. The Kier molecular flexibility index (Phi) is 8.88. The molecule has 0 aromatic heterocycles. The van der Waals surface area contributed by atoms with Crippen molar-refractivity contribution in [3.05, 3.63) is 12.0 Å². The summed E-state index contributed by atoms with van der Waals surface area (Å²) in [7, 11) is 0. The van der Waals surface area contributed by atoms with E-state index in [4.69, 9.17) is 0 Å². The third-order valence-electron chi connectivity index (χ3n) is 1.32. The van der Waals surface area contributed by atoms with Crippen molar-refractivity contribution in [3.63, 3.8) is 0 Å². The monoisotopic (exact) mass is 135 g/mol. The molecular formula is C7H14LiNO. The molecule has 0 aliphatic heterocycles. The zero-order valence-electron chi connectivity index (χ0n) is 7.35. The van der Waals surface area contributed by atoms with Crippen LogP contribution in [0.3, 0.4) is 0 Å². The Bertz CT molecular complexity index is 99.8. The standard InChI is InChI=1S/C7H15NO.Li/c1-4-7(9)8(5-2)6-3;/h4,9H,5-6H2,1-3H3;/q;+1/p-1/b7-4+;. The van der Waals surface area contributed by atoms with Crippen LogP contribution in [0, 0.1) is 0 Å². The van der Waals surface area contributed by atoms with Crippen molar-refractivity contribution in [2.75, 3.05) is 13.1 Å². The van der Waals surface area contributed by atoms with Gasteiger partial charge in [-0.05, 0) is 26.7 Å². The Morgan fingerprint density at radius 2 is 1.80 bits per heavy atom. The van der Waals surface area contributed by atoms with Crippen molar-refractivity contribution < 1.29 is 24.0 Å². The molecule has 0 saturated heterocycles. The number of hydrogen-bond donors (Lipinski definition) is 0. The molecule has 0 heterocycles. The Balaban J connectivity index is 0. The van der Waals surface area contributed by atoms with Gasteiger partial charge in [0.1, 0.15) is 0 Å². The number of rotatable bonds is 3. The van der Waals surface area contributed by atoms with Crippen LogP contribution >= 0.6 is 0 Å². The van der Waals surface area contributed by atoms with Crippen molar-refractivity contribution in [1.82, 2.24) is 4.90 Å². The van der Waals surface area contributed by atoms with Gasteiger partial charge in [0.05, 0.1) is 0 Å². The van der Waals surface area contributed by atoms with Gasteiger partial charge in [-0.2, -0.15) is 0 Å². The van der Waals surface area contributed by atoms with E-state index >= 15 is 0 Å². The predicted molar refractivity (Wildman–Crippen MR) is 36.7 cm³/mol. The molecular weight excluding hydrogens is 121 g/mol. The summed E-state index contributed by atoms with van der Waals surface area (Å²) in [4.78, 5) is 1.78. The van der Waals surface area contributed by atoms with Crippen LogP contribution in [0.4, 0.5) is 0 Å². The Labute approximate surface area is 75.1 Å². The molecule has 3 heteroatoms. The Hall–Kier alpha value is -0.0626. The fourth-order valence-electron chi connectivity index (χ4n) is 0.718. The molecule has 0 radical (unpaired) electrons. The number of hydrogen-bond acceptors (Lipinski definition) is 2. The van der Waals surface area contributed by atoms with E-state index in [0.29, 0.717) is 0 Å². The van der Waals surface area contributed by atoms with E-state index in [0.717, 1.165) is 13.1 Å². The fourth-order valence-corrected chi connectivity index (χ4v) is 0.718. The first-order valence-corrected chi connectivity index (χ1v) is 3.34. The zero-order valence-corrected chi connectivity index (χ0v) is 7.35. The number of nitrogens with zero attached hydrogens (tertiary/aromatic N) is 1. The van der Waals surface area contributed by atoms with E-state index in [-0.39, 0.29) is 24.7 Å². The fraction of sp³-hybridized carbons (Fsp3) is 0.714. The summed E-state index contributed by atoms with van der Waals surface area (Å²) in [5.74, 6) is 0.125. The van der Waals surface area contributed by atoms with Gasteiger partial charge in [-0.3, -0.25) is 0 Å². The molecule has 0 spiro atoms. The van der Waals surface area contributed by atoms with Gasteiger partial charge in [-0.15, -0.1) is 0 Å². The van der Waals surface area contributed by atoms with Gasteiger partial charge in [-0.25, -0.2) is 0 Å². The molecule has 0 aromatic carbocycles. The van der Waals surface area contributed by atoms with E-state index in [1.54, 1.807) is 17.9 Å². The first-order chi connectivity index (χ1) is 4.26. The SMILES string of the molecule is C/C=C(/[O-])N(CC)CC.[Li+]. The second-order valence-electron chi connectivity index (χ2n) is 1.80. The van der Waals surface area contributed by atoms with Gasteiger partial charge in [0.25, 0.3) is 0 Å². The average Bonchev–Trinajstić information content (AvgIpc) is 1.90. The van der Waals surface area contributed by atoms with E-state index in [9.17, 15) is 5.11 Å². The molecule has 0 aliphatic rings. The molecule has 0 amide bonds. The van der Waals surface area contributed by atoms with Gasteiger partial charge >= 0.3 is 18.9 Å². The minimum atomic E-state index is 0. The molecule has 0 bridgehead atoms. The van der Waals surface area contributed by atoms with Crippen LogP contribution < -0.4 is 24.0 Å². The second kappa shape index (κ2) is 7.05. The maximum absolute atomic E-state index is 10.8. The summed E-state index contributed by atoms with van der Waals surface area (Å²) < 4.78 is 0. The van der Waals surface area contributed by atoms with Crippen LogP contribution in [-0.2, 0) is 0 Å². The molecule has 0 N–H and O–H groups in total. The topological polar surface area (TPSA) is 26.3 Å². The Morgan fingerprint density at radius 1 is 1.40 bits per heavy atom. The van der Waals surface area contributed by atoms with E-state index < -0.39 is 0 Å². The summed E-state index contributed by atoms with van der Waals surface area (Å²) >= 11 is 0. The quantitative estimate of drug-likeness (QED) is 0.317. The summed E-state index contributed by atoms with van der Waals surface area (Å²) in [6.45, 7) is 7.33. The molecule has 2 nitrogen and oxygen atoms in total. The molecule has 0 unspecified atom stereocenters. The van der Waals surface area contributed by atoms with E-state index in [1.807, 2.05) is 13.8 Å². The normalized spacial score (nSPS) is 10.5. The van der Waals surface area contributed by atoms with Crippen molar-refractivity contribution in [2.24, 2.45) is 0 Å². The van der Waals surface area contributed by atoms with Crippen LogP contribution in [0.15, 0.2) is 12.0 Å². The molecule has 0 fully saturated rings. The second-order valence-corrected chi connectivity index (χ2v) is 1.80. The third kappa shape index (κ3) is 3.87. The van der Waals surface area contributed by atoms with Crippen molar-refractivity contribution in [1.29, 1.82) is 0 Å². The number of allylic oxidation sites excluding steroid dienone is 1. The van der Waals surface area contributed by atoms with Gasteiger partial charge in [0, 0.05) is 13.1 Å². The third-order valence-corrected chi connectivity index (χ3v) is 1.32. The van der Waals surface area contributed by atoms with Gasteiger partial charge in [0.15, 0.2) is 0 Å². The van der Waals surface area contributed by atoms with Crippen LogP contribution in [-0.4, -0.2) is 18.0 Å². The Morgan fingerprint density at radius 3 is 1.90 bits per heavy atom. The van der Waals surface area contributed by atoms with Crippen LogP contribution in [0.1, 0.15) is 20.8 Å². The molecule has 0 atom stereocenters. The molecule has 10 heavy (non-hydrogen) atoms. The van der Waals surface area contributed by atoms with E-state index in [2.05, 4.69) is 0 Å². The minimum absolute atomic E-state index is 0. The summed E-state index contributed by atoms with van der Waals surface area (Å²) in [6.07, 6.45) is 1.59. The summed E-state index contributed by atoms with van der Waals surface area (Å²) in [5.41, 5.74) is 0. The first kappa shape index (κ1) is 12.6. The molecule has 0 aromatic rings. The van der Waals surface area contributed by atoms with E-state index in [1.165, 1.54) is 0 Å². The summed E-state index contributed by atoms with van der Waals surface area (Å²) in [5, 5.41) is 10.8. The first-order valence-electron chi connectivity index (χ1n) is 3.34. The van der Waals surface area contributed by atoms with Gasteiger partial charge in [-0.1, -0.05) is 6.08 Å². The van der Waals surface area contributed by atoms with Gasteiger partial charge in [0.2, 0.25) is 0 Å². The maximum Gasteiger partial charge on any atom is 1.00 e. The molecule has 54 valence electrons. The molecule has 0 rings (SSSR count). The maximum atomic E-state index is 10.8. The van der Waals surface area contributed by atoms with Crippen molar-refractivity contribution in [2.45, 2.75) is 20.8 Å². The van der Waals surface area contributed by atoms with Crippen LogP contribution in [0.2, 0.25) is 0 Å². The van der Waals surface area contributed by atoms with Crippen molar-refractivity contribution in [3.8, 4) is 0 Å². The predicted octanol–water partition coefficient (Wildman–Crippen LogP) is -2.45. The molecule has 0 aliphatic carbocycles. The largest absolute Gasteiger partial charge is 1.00 e. The van der Waals surface area contributed by atoms with Crippen LogP contribution in [0.5, 0.6) is 0 Å². The zero-order chi connectivity index (χ0) is 7.28. The molecule has 0 saturated carbocycles.